The van der Waals surface area contributed by atoms with Gasteiger partial charge in [-0.25, -0.2) is 4.98 Å². The number of ether oxygens (including phenoxy) is 1. The molecule has 28 heavy (non-hydrogen) atoms. The van der Waals surface area contributed by atoms with Crippen molar-refractivity contribution in [2.24, 2.45) is 0 Å². The van der Waals surface area contributed by atoms with Gasteiger partial charge in [-0.05, 0) is 50.7 Å². The van der Waals surface area contributed by atoms with E-state index >= 15 is 0 Å². The smallest absolute Gasteiger partial charge is 0.375 e. The molecular formula is C21H30F3N3O. The van der Waals surface area contributed by atoms with Crippen molar-refractivity contribution in [2.45, 2.75) is 75.8 Å². The summed E-state index contributed by atoms with van der Waals surface area (Å²) < 4.78 is 44.4. The van der Waals surface area contributed by atoms with Crippen molar-refractivity contribution in [1.29, 1.82) is 0 Å². The molecule has 0 radical (unpaired) electrons. The van der Waals surface area contributed by atoms with Crippen LogP contribution in [0.5, 0.6) is 0 Å². The number of hydrogen-bond acceptors (Lipinski definition) is 4. The van der Waals surface area contributed by atoms with Gasteiger partial charge in [-0.15, -0.1) is 0 Å². The Bertz CT molecular complexity index is 615. The summed E-state index contributed by atoms with van der Waals surface area (Å²) in [6.45, 7) is 3.88. The third-order valence-corrected chi connectivity index (χ3v) is 6.54. The Balaban J connectivity index is 1.20. The van der Waals surface area contributed by atoms with E-state index in [1.54, 1.807) is 0 Å². The van der Waals surface area contributed by atoms with Crippen molar-refractivity contribution >= 4 is 5.82 Å². The summed E-state index contributed by atoms with van der Waals surface area (Å²) in [6.07, 6.45) is 6.76. The van der Waals surface area contributed by atoms with E-state index in [2.05, 4.69) is 14.8 Å². The molecule has 0 spiro atoms. The first kappa shape index (κ1) is 20.0. The molecule has 2 aliphatic heterocycles. The van der Waals surface area contributed by atoms with E-state index in [-0.39, 0.29) is 6.10 Å². The van der Waals surface area contributed by atoms with Gasteiger partial charge in [0.05, 0.1) is 17.8 Å². The number of rotatable bonds is 4. The highest BCUT2D eigenvalue weighted by atomic mass is 19.4. The number of aromatic nitrogens is 1. The fourth-order valence-corrected chi connectivity index (χ4v) is 4.88. The molecule has 156 valence electrons. The summed E-state index contributed by atoms with van der Waals surface area (Å²) in [4.78, 5) is 8.73. The van der Waals surface area contributed by atoms with E-state index in [0.29, 0.717) is 11.9 Å². The third kappa shape index (κ3) is 4.79. The average Bonchev–Trinajstić information content (AvgIpc) is 3.23. The molecule has 1 aliphatic carbocycles. The molecule has 0 bridgehead atoms. The van der Waals surface area contributed by atoms with Crippen molar-refractivity contribution in [2.75, 3.05) is 31.1 Å². The predicted octanol–water partition coefficient (Wildman–Crippen LogP) is 4.49. The zero-order valence-electron chi connectivity index (χ0n) is 16.3. The quantitative estimate of drug-likeness (QED) is 0.748. The van der Waals surface area contributed by atoms with Crippen molar-refractivity contribution in [3.8, 4) is 0 Å². The summed E-state index contributed by atoms with van der Waals surface area (Å²) in [5, 5.41) is 0. The Labute approximate surface area is 165 Å². The SMILES string of the molecule is FC(F)(F)c1ccc(N2CCC(OC3CCN(C4CCCC4)CC3)CC2)nc1. The van der Waals surface area contributed by atoms with Crippen molar-refractivity contribution in [3.05, 3.63) is 23.9 Å². The number of halogens is 3. The molecule has 3 fully saturated rings. The van der Waals surface area contributed by atoms with Crippen LogP contribution < -0.4 is 4.90 Å². The van der Waals surface area contributed by atoms with Crippen LogP contribution in [0, 0.1) is 0 Å². The number of likely N-dealkylation sites (tertiary alicyclic amines) is 1. The first-order chi connectivity index (χ1) is 13.5. The fourth-order valence-electron chi connectivity index (χ4n) is 4.88. The van der Waals surface area contributed by atoms with E-state index < -0.39 is 11.7 Å². The fraction of sp³-hybridized carbons (Fsp3) is 0.762. The van der Waals surface area contributed by atoms with E-state index in [9.17, 15) is 13.2 Å². The maximum Gasteiger partial charge on any atom is 0.417 e. The Hall–Kier alpha value is -1.34. The number of pyridine rings is 1. The largest absolute Gasteiger partial charge is 0.417 e. The van der Waals surface area contributed by atoms with Gasteiger partial charge >= 0.3 is 6.18 Å². The minimum Gasteiger partial charge on any atom is -0.375 e. The van der Waals surface area contributed by atoms with Crippen LogP contribution in [0.25, 0.3) is 0 Å². The van der Waals surface area contributed by atoms with Gasteiger partial charge < -0.3 is 14.5 Å². The number of anilines is 1. The molecule has 3 heterocycles. The lowest BCUT2D eigenvalue weighted by molar-refractivity contribution is -0.137. The molecular weight excluding hydrogens is 367 g/mol. The second kappa shape index (κ2) is 8.57. The number of nitrogens with zero attached hydrogens (tertiary/aromatic N) is 3. The van der Waals surface area contributed by atoms with Gasteiger partial charge in [0.15, 0.2) is 0 Å². The van der Waals surface area contributed by atoms with Gasteiger partial charge in [0, 0.05) is 38.4 Å². The van der Waals surface area contributed by atoms with E-state index in [1.165, 1.54) is 31.7 Å². The second-order valence-electron chi connectivity index (χ2n) is 8.40. The molecule has 0 amide bonds. The van der Waals surface area contributed by atoms with Crippen LogP contribution in [0.1, 0.15) is 56.9 Å². The molecule has 0 aromatic carbocycles. The Morgan fingerprint density at radius 1 is 0.857 bits per heavy atom. The van der Waals surface area contributed by atoms with Crippen LogP contribution in [0.4, 0.5) is 19.0 Å². The molecule has 4 nitrogen and oxygen atoms in total. The van der Waals surface area contributed by atoms with Gasteiger partial charge in [-0.2, -0.15) is 13.2 Å². The highest BCUT2D eigenvalue weighted by Gasteiger charge is 2.32. The number of alkyl halides is 3. The van der Waals surface area contributed by atoms with Gasteiger partial charge in [0.2, 0.25) is 0 Å². The molecule has 0 atom stereocenters. The van der Waals surface area contributed by atoms with E-state index in [4.69, 9.17) is 4.74 Å². The number of piperidine rings is 2. The van der Waals surface area contributed by atoms with Gasteiger partial charge in [0.25, 0.3) is 0 Å². The van der Waals surface area contributed by atoms with Crippen molar-refractivity contribution in [3.63, 3.8) is 0 Å². The van der Waals surface area contributed by atoms with E-state index in [0.717, 1.165) is 70.2 Å². The lowest BCUT2D eigenvalue weighted by atomic mass is 10.0. The van der Waals surface area contributed by atoms with Crippen LogP contribution in [-0.4, -0.2) is 54.3 Å². The molecule has 7 heteroatoms. The summed E-state index contributed by atoms with van der Waals surface area (Å²) in [5.41, 5.74) is -0.696. The summed E-state index contributed by atoms with van der Waals surface area (Å²) in [6, 6.07) is 3.40. The minimum atomic E-state index is -4.33. The third-order valence-electron chi connectivity index (χ3n) is 6.54. The molecule has 0 N–H and O–H groups in total. The maximum atomic E-state index is 12.7. The molecule has 1 aromatic heterocycles. The Morgan fingerprint density at radius 3 is 2.00 bits per heavy atom. The molecule has 4 rings (SSSR count). The summed E-state index contributed by atoms with van der Waals surface area (Å²) in [5.74, 6) is 0.622. The topological polar surface area (TPSA) is 28.6 Å². The van der Waals surface area contributed by atoms with Crippen LogP contribution in [0.3, 0.4) is 0 Å². The molecule has 1 saturated carbocycles. The maximum absolute atomic E-state index is 12.7. The van der Waals surface area contributed by atoms with Crippen LogP contribution >= 0.6 is 0 Å². The zero-order valence-corrected chi connectivity index (χ0v) is 16.3. The predicted molar refractivity (Wildman–Crippen MR) is 102 cm³/mol. The highest BCUT2D eigenvalue weighted by Crippen LogP contribution is 2.31. The van der Waals surface area contributed by atoms with Crippen LogP contribution in [0.15, 0.2) is 18.3 Å². The summed E-state index contributed by atoms with van der Waals surface area (Å²) in [7, 11) is 0. The summed E-state index contributed by atoms with van der Waals surface area (Å²) >= 11 is 0. The van der Waals surface area contributed by atoms with Gasteiger partial charge in [-0.1, -0.05) is 12.8 Å². The Kier molecular flexibility index (Phi) is 6.11. The monoisotopic (exact) mass is 397 g/mol. The molecule has 1 aromatic rings. The first-order valence-corrected chi connectivity index (χ1v) is 10.7. The lowest BCUT2D eigenvalue weighted by Gasteiger charge is -2.39. The van der Waals surface area contributed by atoms with E-state index in [1.807, 2.05) is 0 Å². The van der Waals surface area contributed by atoms with Crippen molar-refractivity contribution in [1.82, 2.24) is 9.88 Å². The number of hydrogen-bond donors (Lipinski definition) is 0. The van der Waals surface area contributed by atoms with Gasteiger partial charge in [0.1, 0.15) is 5.82 Å². The zero-order chi connectivity index (χ0) is 19.6. The molecule has 3 aliphatic rings. The lowest BCUT2D eigenvalue weighted by Crippen LogP contribution is -2.44. The van der Waals surface area contributed by atoms with Crippen molar-refractivity contribution < 1.29 is 17.9 Å². The average molecular weight is 397 g/mol. The Morgan fingerprint density at radius 2 is 1.46 bits per heavy atom. The second-order valence-corrected chi connectivity index (χ2v) is 8.40. The van der Waals surface area contributed by atoms with Crippen LogP contribution in [0.2, 0.25) is 0 Å². The van der Waals surface area contributed by atoms with Crippen LogP contribution in [-0.2, 0) is 10.9 Å². The standard InChI is InChI=1S/C21H30F3N3O/c22-21(23,24)16-5-6-20(25-15-16)27-13-9-19(10-14-27)28-18-7-11-26(12-8-18)17-3-1-2-4-17/h5-6,15,17-19H,1-4,7-14H2. The van der Waals surface area contributed by atoms with Gasteiger partial charge in [-0.3, -0.25) is 0 Å². The first-order valence-electron chi connectivity index (χ1n) is 10.7. The normalized spacial score (nSPS) is 24.2. The minimum absolute atomic E-state index is 0.258. The molecule has 0 unspecified atom stereocenters. The molecule has 2 saturated heterocycles. The highest BCUT2D eigenvalue weighted by molar-refractivity contribution is 5.40.